The van der Waals surface area contributed by atoms with Gasteiger partial charge in [-0.1, -0.05) is 30.7 Å². The Morgan fingerprint density at radius 3 is 2.50 bits per heavy atom. The SMILES string of the molecule is CCc1ccc(NC(=O)[C@@H](C)Nc2cc(C)c(Cl)cc2OC)cc1. The maximum Gasteiger partial charge on any atom is 0.246 e. The topological polar surface area (TPSA) is 50.4 Å². The monoisotopic (exact) mass is 346 g/mol. The van der Waals surface area contributed by atoms with Crippen LogP contribution < -0.4 is 15.4 Å². The number of nitrogens with one attached hydrogen (secondary N) is 2. The van der Waals surface area contributed by atoms with E-state index in [1.807, 2.05) is 37.3 Å². The van der Waals surface area contributed by atoms with Crippen LogP contribution in [0.5, 0.6) is 5.75 Å². The second kappa shape index (κ2) is 8.06. The largest absolute Gasteiger partial charge is 0.495 e. The molecule has 5 heteroatoms. The van der Waals surface area contributed by atoms with Crippen LogP contribution in [0.4, 0.5) is 11.4 Å². The molecule has 0 radical (unpaired) electrons. The molecule has 0 spiro atoms. The number of rotatable bonds is 6. The number of carbonyl (C=O) groups is 1. The molecule has 0 aliphatic heterocycles. The second-order valence-corrected chi connectivity index (χ2v) is 6.11. The first-order chi connectivity index (χ1) is 11.4. The van der Waals surface area contributed by atoms with Crippen molar-refractivity contribution in [2.45, 2.75) is 33.2 Å². The molecule has 0 heterocycles. The van der Waals surface area contributed by atoms with E-state index in [9.17, 15) is 4.79 Å². The van der Waals surface area contributed by atoms with Gasteiger partial charge in [0, 0.05) is 16.8 Å². The molecule has 4 nitrogen and oxygen atoms in total. The summed E-state index contributed by atoms with van der Waals surface area (Å²) in [6, 6.07) is 11.0. The van der Waals surface area contributed by atoms with Crippen LogP contribution in [0.2, 0.25) is 5.02 Å². The molecule has 1 amide bonds. The Kier molecular flexibility index (Phi) is 6.10. The molecule has 0 saturated heterocycles. The predicted molar refractivity (Wildman–Crippen MR) is 100 cm³/mol. The molecule has 2 rings (SSSR count). The number of carbonyl (C=O) groups excluding carboxylic acids is 1. The highest BCUT2D eigenvalue weighted by molar-refractivity contribution is 6.31. The zero-order valence-corrected chi connectivity index (χ0v) is 15.2. The van der Waals surface area contributed by atoms with Crippen LogP contribution in [-0.2, 0) is 11.2 Å². The third-order valence-electron chi connectivity index (χ3n) is 3.88. The van der Waals surface area contributed by atoms with Crippen molar-refractivity contribution in [3.63, 3.8) is 0 Å². The molecule has 24 heavy (non-hydrogen) atoms. The Morgan fingerprint density at radius 1 is 1.25 bits per heavy atom. The van der Waals surface area contributed by atoms with Crippen LogP contribution in [-0.4, -0.2) is 19.1 Å². The summed E-state index contributed by atoms with van der Waals surface area (Å²) in [5.74, 6) is 0.492. The van der Waals surface area contributed by atoms with Crippen LogP contribution in [0.25, 0.3) is 0 Å². The molecule has 2 aromatic carbocycles. The molecular formula is C19H23ClN2O2. The lowest BCUT2D eigenvalue weighted by Gasteiger charge is -2.18. The predicted octanol–water partition coefficient (Wildman–Crippen LogP) is 4.66. The first-order valence-corrected chi connectivity index (χ1v) is 8.32. The van der Waals surface area contributed by atoms with Gasteiger partial charge in [-0.15, -0.1) is 0 Å². The van der Waals surface area contributed by atoms with Crippen molar-refractivity contribution < 1.29 is 9.53 Å². The van der Waals surface area contributed by atoms with Crippen molar-refractivity contribution in [1.29, 1.82) is 0 Å². The van der Waals surface area contributed by atoms with Crippen LogP contribution in [0.15, 0.2) is 36.4 Å². The maximum atomic E-state index is 12.4. The van der Waals surface area contributed by atoms with E-state index in [2.05, 4.69) is 17.6 Å². The van der Waals surface area contributed by atoms with Crippen LogP contribution in [0.3, 0.4) is 0 Å². The number of ether oxygens (including phenoxy) is 1. The number of benzene rings is 2. The minimum atomic E-state index is -0.426. The Hall–Kier alpha value is -2.20. The molecule has 0 aliphatic carbocycles. The number of aryl methyl sites for hydroxylation is 2. The second-order valence-electron chi connectivity index (χ2n) is 5.71. The van der Waals surface area contributed by atoms with Crippen molar-refractivity contribution >= 4 is 28.9 Å². The molecular weight excluding hydrogens is 324 g/mol. The van der Waals surface area contributed by atoms with E-state index >= 15 is 0 Å². The number of hydrogen-bond acceptors (Lipinski definition) is 3. The molecule has 0 fully saturated rings. The molecule has 0 aromatic heterocycles. The fraction of sp³-hybridized carbons (Fsp3) is 0.316. The molecule has 0 unspecified atom stereocenters. The summed E-state index contributed by atoms with van der Waals surface area (Å²) in [4.78, 5) is 12.4. The van der Waals surface area contributed by atoms with Crippen molar-refractivity contribution in [3.05, 3.63) is 52.5 Å². The molecule has 2 aromatic rings. The summed E-state index contributed by atoms with van der Waals surface area (Å²) < 4.78 is 5.33. The smallest absolute Gasteiger partial charge is 0.246 e. The molecule has 0 aliphatic rings. The van der Waals surface area contributed by atoms with Gasteiger partial charge in [-0.2, -0.15) is 0 Å². The molecule has 0 bridgehead atoms. The minimum absolute atomic E-state index is 0.117. The first-order valence-electron chi connectivity index (χ1n) is 7.95. The highest BCUT2D eigenvalue weighted by Gasteiger charge is 2.16. The van der Waals surface area contributed by atoms with E-state index in [4.69, 9.17) is 16.3 Å². The highest BCUT2D eigenvalue weighted by Crippen LogP contribution is 2.31. The van der Waals surface area contributed by atoms with Crippen molar-refractivity contribution in [1.82, 2.24) is 0 Å². The lowest BCUT2D eigenvalue weighted by atomic mass is 10.1. The summed E-state index contributed by atoms with van der Waals surface area (Å²) in [5.41, 5.74) is 3.68. The van der Waals surface area contributed by atoms with Gasteiger partial charge in [0.2, 0.25) is 5.91 Å². The van der Waals surface area contributed by atoms with Crippen LogP contribution >= 0.6 is 11.6 Å². The number of anilines is 2. The maximum absolute atomic E-state index is 12.4. The number of halogens is 1. The van der Waals surface area contributed by atoms with E-state index in [-0.39, 0.29) is 5.91 Å². The zero-order chi connectivity index (χ0) is 17.7. The quantitative estimate of drug-likeness (QED) is 0.799. The summed E-state index contributed by atoms with van der Waals surface area (Å²) >= 11 is 6.11. The molecule has 1 atom stereocenters. The van der Waals surface area contributed by atoms with E-state index in [1.165, 1.54) is 5.56 Å². The standard InChI is InChI=1S/C19H23ClN2O2/c1-5-14-6-8-15(9-7-14)22-19(23)13(3)21-17-10-12(2)16(20)11-18(17)24-4/h6-11,13,21H,5H2,1-4H3,(H,22,23)/t13-/m1/s1. The minimum Gasteiger partial charge on any atom is -0.495 e. The summed E-state index contributed by atoms with van der Waals surface area (Å²) in [6.07, 6.45) is 0.974. The Labute approximate surface area is 148 Å². The van der Waals surface area contributed by atoms with Gasteiger partial charge in [0.25, 0.3) is 0 Å². The average Bonchev–Trinajstić information content (AvgIpc) is 2.58. The first kappa shape index (κ1) is 18.1. The van der Waals surface area contributed by atoms with E-state index in [0.717, 1.165) is 23.4 Å². The van der Waals surface area contributed by atoms with Crippen molar-refractivity contribution in [2.24, 2.45) is 0 Å². The van der Waals surface area contributed by atoms with Crippen molar-refractivity contribution in [2.75, 3.05) is 17.7 Å². The van der Waals surface area contributed by atoms with Gasteiger partial charge in [0.1, 0.15) is 11.8 Å². The Morgan fingerprint density at radius 2 is 1.92 bits per heavy atom. The van der Waals surface area contributed by atoms with Gasteiger partial charge >= 0.3 is 0 Å². The van der Waals surface area contributed by atoms with Gasteiger partial charge in [-0.3, -0.25) is 4.79 Å². The summed E-state index contributed by atoms with van der Waals surface area (Å²) in [6.45, 7) is 5.81. The lowest BCUT2D eigenvalue weighted by molar-refractivity contribution is -0.116. The van der Waals surface area contributed by atoms with Gasteiger partial charge in [0.05, 0.1) is 12.8 Å². The van der Waals surface area contributed by atoms with Gasteiger partial charge in [-0.25, -0.2) is 0 Å². The summed E-state index contributed by atoms with van der Waals surface area (Å²) in [7, 11) is 1.58. The zero-order valence-electron chi connectivity index (χ0n) is 14.4. The lowest BCUT2D eigenvalue weighted by Crippen LogP contribution is -2.32. The van der Waals surface area contributed by atoms with Gasteiger partial charge < -0.3 is 15.4 Å². The Balaban J connectivity index is 2.07. The number of methoxy groups -OCH3 is 1. The van der Waals surface area contributed by atoms with Crippen molar-refractivity contribution in [3.8, 4) is 5.75 Å². The molecule has 0 saturated carbocycles. The van der Waals surface area contributed by atoms with E-state index in [1.54, 1.807) is 20.1 Å². The van der Waals surface area contributed by atoms with Gasteiger partial charge in [-0.05, 0) is 49.6 Å². The normalized spacial score (nSPS) is 11.7. The molecule has 2 N–H and O–H groups in total. The fourth-order valence-corrected chi connectivity index (χ4v) is 2.47. The third kappa shape index (κ3) is 4.42. The molecule has 128 valence electrons. The third-order valence-corrected chi connectivity index (χ3v) is 4.28. The van der Waals surface area contributed by atoms with Crippen LogP contribution in [0, 0.1) is 6.92 Å². The van der Waals surface area contributed by atoms with E-state index in [0.29, 0.717) is 10.8 Å². The summed E-state index contributed by atoms with van der Waals surface area (Å²) in [5, 5.41) is 6.71. The fourth-order valence-electron chi connectivity index (χ4n) is 2.32. The van der Waals surface area contributed by atoms with Gasteiger partial charge in [0.15, 0.2) is 0 Å². The van der Waals surface area contributed by atoms with E-state index < -0.39 is 6.04 Å². The highest BCUT2D eigenvalue weighted by atomic mass is 35.5. The average molecular weight is 347 g/mol. The number of amides is 1. The van der Waals surface area contributed by atoms with Crippen LogP contribution in [0.1, 0.15) is 25.0 Å². The Bertz CT molecular complexity index is 714. The number of hydrogen-bond donors (Lipinski definition) is 2.